The smallest absolute Gasteiger partial charge is 0.250 e. The Balaban J connectivity index is 1.73. The van der Waals surface area contributed by atoms with Gasteiger partial charge in [0.05, 0.1) is 11.4 Å². The van der Waals surface area contributed by atoms with Crippen molar-refractivity contribution in [3.63, 3.8) is 0 Å². The van der Waals surface area contributed by atoms with Crippen LogP contribution in [0.25, 0.3) is 6.08 Å². The summed E-state index contributed by atoms with van der Waals surface area (Å²) >= 11 is 2.56. The molecular formula is C16H13N5O2S2. The van der Waals surface area contributed by atoms with Gasteiger partial charge in [-0.3, -0.25) is 19.8 Å². The summed E-state index contributed by atoms with van der Waals surface area (Å²) in [6.07, 6.45) is 2.94. The van der Waals surface area contributed by atoms with Crippen LogP contribution in [-0.2, 0) is 9.59 Å². The van der Waals surface area contributed by atoms with E-state index >= 15 is 0 Å². The van der Waals surface area contributed by atoms with Crippen molar-refractivity contribution < 1.29 is 9.59 Å². The average Bonchev–Trinajstić information content (AvgIpc) is 3.26. The van der Waals surface area contributed by atoms with Gasteiger partial charge < -0.3 is 0 Å². The first-order chi connectivity index (χ1) is 12.1. The molecule has 0 aliphatic rings. The Labute approximate surface area is 151 Å². The van der Waals surface area contributed by atoms with E-state index < -0.39 is 0 Å². The lowest BCUT2D eigenvalue weighted by molar-refractivity contribution is -0.116. The van der Waals surface area contributed by atoms with Crippen LogP contribution in [0.3, 0.4) is 0 Å². The SMILES string of the molecule is CC(=O)N(c1ccccc1)c1nc(/C=C/C(=O)Nc2nncs2)cs1. The number of hydrogen-bond donors (Lipinski definition) is 1. The van der Waals surface area contributed by atoms with E-state index in [2.05, 4.69) is 20.5 Å². The van der Waals surface area contributed by atoms with Crippen LogP contribution in [0, 0.1) is 0 Å². The molecule has 0 aliphatic heterocycles. The highest BCUT2D eigenvalue weighted by Gasteiger charge is 2.17. The second-order valence-corrected chi connectivity index (χ2v) is 6.48. The van der Waals surface area contributed by atoms with E-state index in [9.17, 15) is 9.59 Å². The first kappa shape index (κ1) is 16.9. The highest BCUT2D eigenvalue weighted by Crippen LogP contribution is 2.29. The maximum Gasteiger partial charge on any atom is 0.250 e. The third-order valence-corrected chi connectivity index (χ3v) is 4.48. The number of carbonyl (C=O) groups excluding carboxylic acids is 2. The van der Waals surface area contributed by atoms with Gasteiger partial charge in [-0.05, 0) is 18.2 Å². The molecule has 0 bridgehead atoms. The minimum atomic E-state index is -0.321. The fraction of sp³-hybridized carbons (Fsp3) is 0.0625. The van der Waals surface area contributed by atoms with E-state index in [1.165, 1.54) is 46.1 Å². The van der Waals surface area contributed by atoms with Gasteiger partial charge in [0.15, 0.2) is 5.13 Å². The second kappa shape index (κ2) is 7.77. The van der Waals surface area contributed by atoms with E-state index in [0.717, 1.165) is 5.69 Å². The number of thiazole rings is 1. The molecule has 0 radical (unpaired) electrons. The zero-order valence-electron chi connectivity index (χ0n) is 13.1. The summed E-state index contributed by atoms with van der Waals surface area (Å²) < 4.78 is 0. The number of aromatic nitrogens is 3. The fourth-order valence-corrected chi connectivity index (χ4v) is 3.30. The molecule has 0 spiro atoms. The number of amides is 2. The molecule has 1 aromatic carbocycles. The van der Waals surface area contributed by atoms with Gasteiger partial charge in [-0.25, -0.2) is 4.98 Å². The number of carbonyl (C=O) groups is 2. The molecule has 0 saturated carbocycles. The number of nitrogens with one attached hydrogen (secondary N) is 1. The van der Waals surface area contributed by atoms with Crippen molar-refractivity contribution >= 4 is 56.5 Å². The number of benzene rings is 1. The van der Waals surface area contributed by atoms with Crippen LogP contribution in [0.4, 0.5) is 16.0 Å². The number of anilines is 3. The van der Waals surface area contributed by atoms with Gasteiger partial charge >= 0.3 is 0 Å². The maximum atomic E-state index is 12.0. The van der Waals surface area contributed by atoms with Crippen molar-refractivity contribution in [2.45, 2.75) is 6.92 Å². The lowest BCUT2D eigenvalue weighted by Gasteiger charge is -2.17. The first-order valence-electron chi connectivity index (χ1n) is 7.20. The average molecular weight is 371 g/mol. The number of nitrogens with zero attached hydrogens (tertiary/aromatic N) is 4. The van der Waals surface area contributed by atoms with Crippen LogP contribution in [0.15, 0.2) is 47.3 Å². The summed E-state index contributed by atoms with van der Waals surface area (Å²) in [7, 11) is 0. The molecule has 7 nitrogen and oxygen atoms in total. The van der Waals surface area contributed by atoms with Crippen LogP contribution in [-0.4, -0.2) is 27.0 Å². The largest absolute Gasteiger partial charge is 0.297 e. The van der Waals surface area contributed by atoms with Crippen LogP contribution >= 0.6 is 22.7 Å². The van der Waals surface area contributed by atoms with Crippen molar-refractivity contribution in [2.24, 2.45) is 0 Å². The third-order valence-electron chi connectivity index (χ3n) is 3.03. The van der Waals surface area contributed by atoms with Crippen LogP contribution < -0.4 is 10.2 Å². The molecule has 25 heavy (non-hydrogen) atoms. The van der Waals surface area contributed by atoms with Crippen molar-refractivity contribution in [1.82, 2.24) is 15.2 Å². The van der Waals surface area contributed by atoms with Crippen LogP contribution in [0.5, 0.6) is 0 Å². The van der Waals surface area contributed by atoms with Crippen LogP contribution in [0.2, 0.25) is 0 Å². The van der Waals surface area contributed by atoms with Crippen molar-refractivity contribution in [1.29, 1.82) is 0 Å². The molecular weight excluding hydrogens is 358 g/mol. The Morgan fingerprint density at radius 2 is 2.00 bits per heavy atom. The maximum absolute atomic E-state index is 12.0. The minimum absolute atomic E-state index is 0.134. The molecule has 2 amide bonds. The summed E-state index contributed by atoms with van der Waals surface area (Å²) in [5.41, 5.74) is 2.87. The normalized spacial score (nSPS) is 10.8. The number of hydrogen-bond acceptors (Lipinski definition) is 7. The monoisotopic (exact) mass is 371 g/mol. The molecule has 3 aromatic rings. The highest BCUT2D eigenvalue weighted by molar-refractivity contribution is 7.14. The van der Waals surface area contributed by atoms with E-state index in [1.54, 1.807) is 11.5 Å². The quantitative estimate of drug-likeness (QED) is 0.695. The number of rotatable bonds is 5. The Morgan fingerprint density at radius 1 is 1.20 bits per heavy atom. The van der Waals surface area contributed by atoms with Gasteiger partial charge in [-0.15, -0.1) is 21.5 Å². The molecule has 0 fully saturated rings. The lowest BCUT2D eigenvalue weighted by Crippen LogP contribution is -2.22. The predicted molar refractivity (Wildman–Crippen MR) is 98.9 cm³/mol. The van der Waals surface area contributed by atoms with Crippen molar-refractivity contribution in [3.05, 3.63) is 53.0 Å². The minimum Gasteiger partial charge on any atom is -0.297 e. The molecule has 9 heteroatoms. The summed E-state index contributed by atoms with van der Waals surface area (Å²) in [5.74, 6) is -0.456. The van der Waals surface area contributed by atoms with E-state index in [0.29, 0.717) is 16.0 Å². The topological polar surface area (TPSA) is 88.1 Å². The van der Waals surface area contributed by atoms with Gasteiger partial charge in [0, 0.05) is 18.4 Å². The summed E-state index contributed by atoms with van der Waals surface area (Å²) in [6, 6.07) is 9.28. The van der Waals surface area contributed by atoms with E-state index in [4.69, 9.17) is 0 Å². The van der Waals surface area contributed by atoms with E-state index in [-0.39, 0.29) is 11.8 Å². The number of para-hydroxylation sites is 1. The zero-order chi connectivity index (χ0) is 17.6. The van der Waals surface area contributed by atoms with Crippen molar-refractivity contribution in [3.8, 4) is 0 Å². The summed E-state index contributed by atoms with van der Waals surface area (Å²) in [4.78, 5) is 29.7. The second-order valence-electron chi connectivity index (χ2n) is 4.81. The van der Waals surface area contributed by atoms with Gasteiger partial charge in [0.2, 0.25) is 16.9 Å². The molecule has 3 rings (SSSR count). The molecule has 126 valence electrons. The molecule has 2 aromatic heterocycles. The molecule has 0 atom stereocenters. The Morgan fingerprint density at radius 3 is 2.68 bits per heavy atom. The highest BCUT2D eigenvalue weighted by atomic mass is 32.1. The first-order valence-corrected chi connectivity index (χ1v) is 8.96. The molecule has 1 N–H and O–H groups in total. The van der Waals surface area contributed by atoms with Gasteiger partial charge in [0.1, 0.15) is 5.51 Å². The van der Waals surface area contributed by atoms with Crippen molar-refractivity contribution in [2.75, 3.05) is 10.2 Å². The summed E-state index contributed by atoms with van der Waals surface area (Å²) in [5, 5.41) is 12.7. The predicted octanol–water partition coefficient (Wildman–Crippen LogP) is 3.33. The molecule has 2 heterocycles. The molecule has 0 unspecified atom stereocenters. The van der Waals surface area contributed by atoms with Gasteiger partial charge in [-0.2, -0.15) is 0 Å². The van der Waals surface area contributed by atoms with Crippen LogP contribution in [0.1, 0.15) is 12.6 Å². The molecule has 0 saturated heterocycles. The zero-order valence-corrected chi connectivity index (χ0v) is 14.8. The van der Waals surface area contributed by atoms with E-state index in [1.807, 2.05) is 30.3 Å². The fourth-order valence-electron chi connectivity index (χ4n) is 2.00. The molecule has 0 aliphatic carbocycles. The Kier molecular flexibility index (Phi) is 5.26. The lowest BCUT2D eigenvalue weighted by atomic mass is 10.3. The Hall–Kier alpha value is -2.91. The van der Waals surface area contributed by atoms with Gasteiger partial charge in [-0.1, -0.05) is 29.5 Å². The Bertz CT molecular complexity index is 890. The summed E-state index contributed by atoms with van der Waals surface area (Å²) in [6.45, 7) is 1.49. The standard InChI is InChI=1S/C16H13N5O2S2/c1-11(22)21(13-5-3-2-4-6-13)16-18-12(9-24-16)7-8-14(23)19-15-20-17-10-25-15/h2-10H,1H3,(H,19,20,23)/b8-7+. The van der Waals surface area contributed by atoms with Gasteiger partial charge in [0.25, 0.3) is 0 Å². The third kappa shape index (κ3) is 4.34.